The fraction of sp³-hybridized carbons (Fsp3) is 0. The molecule has 4 N–H and O–H groups in total. The van der Waals surface area contributed by atoms with Crippen molar-refractivity contribution in [3.05, 3.63) is 58.0 Å². The Labute approximate surface area is 124 Å². The molecule has 0 saturated carbocycles. The van der Waals surface area contributed by atoms with E-state index in [1.54, 1.807) is 17.4 Å². The van der Waals surface area contributed by atoms with Crippen LogP contribution in [0.5, 0.6) is 0 Å². The number of nitrogens with zero attached hydrogens (tertiary/aromatic N) is 1. The molecule has 6 nitrogen and oxygen atoms in total. The highest BCUT2D eigenvalue weighted by Gasteiger charge is 2.09. The highest BCUT2D eigenvalue weighted by molar-refractivity contribution is 7.17. The van der Waals surface area contributed by atoms with E-state index in [0.717, 1.165) is 11.1 Å². The molecule has 0 radical (unpaired) electrons. The van der Waals surface area contributed by atoms with Gasteiger partial charge in [0.25, 0.3) is 5.69 Å². The molecular weight excluding hydrogens is 288 g/mol. The molecule has 0 fully saturated rings. The predicted molar refractivity (Wildman–Crippen MR) is 86.0 cm³/mol. The van der Waals surface area contributed by atoms with E-state index >= 15 is 0 Å². The Morgan fingerprint density at radius 1 is 1.05 bits per heavy atom. The van der Waals surface area contributed by atoms with Crippen molar-refractivity contribution in [2.75, 3.05) is 10.7 Å². The second-order valence-electron chi connectivity index (χ2n) is 4.47. The molecule has 0 atom stereocenters. The van der Waals surface area contributed by atoms with E-state index in [0.29, 0.717) is 11.4 Å². The van der Waals surface area contributed by atoms with Crippen molar-refractivity contribution in [1.29, 1.82) is 0 Å². The van der Waals surface area contributed by atoms with Gasteiger partial charge in [0.15, 0.2) is 0 Å². The maximum Gasteiger partial charge on any atom is 0.273 e. The van der Waals surface area contributed by atoms with Gasteiger partial charge >= 0.3 is 0 Å². The third-order valence-corrected chi connectivity index (χ3v) is 3.93. The first-order chi connectivity index (χ1) is 10.2. The number of thiophene rings is 1. The highest BCUT2D eigenvalue weighted by Crippen LogP contribution is 2.29. The number of hydrazine groups is 1. The fourth-order valence-corrected chi connectivity index (χ4v) is 2.85. The summed E-state index contributed by atoms with van der Waals surface area (Å²) in [4.78, 5) is 10.5. The van der Waals surface area contributed by atoms with Crippen LogP contribution in [0.1, 0.15) is 0 Å². The summed E-state index contributed by atoms with van der Waals surface area (Å²) in [6, 6.07) is 12.6. The molecule has 1 aromatic heterocycles. The van der Waals surface area contributed by atoms with Gasteiger partial charge in [-0.1, -0.05) is 0 Å². The maximum absolute atomic E-state index is 10.9. The van der Waals surface area contributed by atoms with E-state index in [-0.39, 0.29) is 5.69 Å². The summed E-state index contributed by atoms with van der Waals surface area (Å²) in [5, 5.41) is 17.2. The molecule has 3 aromatic rings. The van der Waals surface area contributed by atoms with E-state index in [9.17, 15) is 10.1 Å². The van der Waals surface area contributed by atoms with Gasteiger partial charge in [-0.05, 0) is 41.1 Å². The van der Waals surface area contributed by atoms with Gasteiger partial charge in [-0.2, -0.15) is 0 Å². The lowest BCUT2D eigenvalue weighted by atomic mass is 10.2. The normalized spacial score (nSPS) is 10.5. The number of nitrogen functional groups attached to an aromatic ring is 1. The van der Waals surface area contributed by atoms with E-state index in [1.807, 2.05) is 29.6 Å². The van der Waals surface area contributed by atoms with Crippen LogP contribution in [0.4, 0.5) is 22.7 Å². The first-order valence-electron chi connectivity index (χ1n) is 6.16. The quantitative estimate of drug-likeness (QED) is 0.387. The standard InChI is InChI=1S/C14H12N4O2S/c15-17-12-6-11(7-13(8-12)18(19)20)16-10-1-2-14-9(5-10)3-4-21-14/h1-8,16-17H,15H2. The zero-order chi connectivity index (χ0) is 14.8. The molecule has 0 saturated heterocycles. The highest BCUT2D eigenvalue weighted by atomic mass is 32.1. The SMILES string of the molecule is NNc1cc(Nc2ccc3sccc3c2)cc([N+](=O)[O-])c1. The average molecular weight is 300 g/mol. The molecule has 0 aliphatic heterocycles. The third-order valence-electron chi connectivity index (χ3n) is 3.04. The van der Waals surface area contributed by atoms with E-state index < -0.39 is 4.92 Å². The van der Waals surface area contributed by atoms with Crippen molar-refractivity contribution in [3.63, 3.8) is 0 Å². The molecule has 0 aliphatic rings. The van der Waals surface area contributed by atoms with Crippen molar-refractivity contribution < 1.29 is 4.92 Å². The number of anilines is 3. The first kappa shape index (κ1) is 13.3. The Morgan fingerprint density at radius 3 is 2.62 bits per heavy atom. The number of nitro benzene ring substituents is 1. The van der Waals surface area contributed by atoms with Gasteiger partial charge in [0.05, 0.1) is 10.6 Å². The Morgan fingerprint density at radius 2 is 1.86 bits per heavy atom. The maximum atomic E-state index is 10.9. The lowest BCUT2D eigenvalue weighted by Crippen LogP contribution is -2.07. The minimum absolute atomic E-state index is 0.0236. The number of non-ortho nitro benzene ring substituents is 1. The summed E-state index contributed by atoms with van der Waals surface area (Å²) in [5.41, 5.74) is 4.35. The third kappa shape index (κ3) is 2.78. The second kappa shape index (κ2) is 5.39. The number of rotatable bonds is 4. The van der Waals surface area contributed by atoms with Crippen LogP contribution in [0, 0.1) is 10.1 Å². The molecular formula is C14H12N4O2S. The van der Waals surface area contributed by atoms with Crippen LogP contribution in [-0.4, -0.2) is 4.92 Å². The summed E-state index contributed by atoms with van der Waals surface area (Å²) < 4.78 is 1.20. The van der Waals surface area contributed by atoms with E-state index in [2.05, 4.69) is 10.7 Å². The lowest BCUT2D eigenvalue weighted by molar-refractivity contribution is -0.384. The number of nitro groups is 1. The molecule has 106 valence electrons. The van der Waals surface area contributed by atoms with Crippen molar-refractivity contribution in [1.82, 2.24) is 0 Å². The number of fused-ring (bicyclic) bond motifs is 1. The molecule has 0 unspecified atom stereocenters. The van der Waals surface area contributed by atoms with Crippen molar-refractivity contribution in [2.45, 2.75) is 0 Å². The van der Waals surface area contributed by atoms with Crippen LogP contribution in [0.15, 0.2) is 47.8 Å². The lowest BCUT2D eigenvalue weighted by Gasteiger charge is -2.09. The molecule has 7 heteroatoms. The fourth-order valence-electron chi connectivity index (χ4n) is 2.08. The number of nitrogens with one attached hydrogen (secondary N) is 2. The Hall–Kier alpha value is -2.64. The Balaban J connectivity index is 1.96. The van der Waals surface area contributed by atoms with Crippen LogP contribution in [0.3, 0.4) is 0 Å². The van der Waals surface area contributed by atoms with Crippen LogP contribution >= 0.6 is 11.3 Å². The molecule has 1 heterocycles. The predicted octanol–water partition coefficient (Wildman–Crippen LogP) is 3.84. The molecule has 3 rings (SSSR count). The molecule has 0 bridgehead atoms. The Bertz CT molecular complexity index is 816. The minimum Gasteiger partial charge on any atom is -0.355 e. The van der Waals surface area contributed by atoms with Gasteiger partial charge in [0.1, 0.15) is 0 Å². The zero-order valence-corrected chi connectivity index (χ0v) is 11.7. The van der Waals surface area contributed by atoms with E-state index in [4.69, 9.17) is 5.84 Å². The zero-order valence-electron chi connectivity index (χ0n) is 10.9. The van der Waals surface area contributed by atoms with Crippen LogP contribution in [0.2, 0.25) is 0 Å². The summed E-state index contributed by atoms with van der Waals surface area (Å²) in [6.07, 6.45) is 0. The molecule has 0 aliphatic carbocycles. The molecule has 21 heavy (non-hydrogen) atoms. The number of hydrogen-bond donors (Lipinski definition) is 3. The van der Waals surface area contributed by atoms with Gasteiger partial charge in [0, 0.05) is 28.2 Å². The second-order valence-corrected chi connectivity index (χ2v) is 5.42. The topological polar surface area (TPSA) is 93.2 Å². The summed E-state index contributed by atoms with van der Waals surface area (Å²) in [6.45, 7) is 0. The van der Waals surface area contributed by atoms with Gasteiger partial charge < -0.3 is 10.7 Å². The van der Waals surface area contributed by atoms with Crippen molar-refractivity contribution in [2.24, 2.45) is 5.84 Å². The number of hydrogen-bond acceptors (Lipinski definition) is 6. The summed E-state index contributed by atoms with van der Waals surface area (Å²) in [7, 11) is 0. The monoisotopic (exact) mass is 300 g/mol. The Kier molecular flexibility index (Phi) is 3.43. The van der Waals surface area contributed by atoms with Crippen molar-refractivity contribution >= 4 is 44.2 Å². The van der Waals surface area contributed by atoms with Gasteiger partial charge in [-0.15, -0.1) is 11.3 Å². The number of benzene rings is 2. The van der Waals surface area contributed by atoms with Crippen LogP contribution < -0.4 is 16.6 Å². The van der Waals surface area contributed by atoms with Gasteiger partial charge in [-0.3, -0.25) is 16.0 Å². The average Bonchev–Trinajstić information content (AvgIpc) is 2.94. The molecule has 0 amide bonds. The minimum atomic E-state index is -0.450. The van der Waals surface area contributed by atoms with Crippen LogP contribution in [-0.2, 0) is 0 Å². The first-order valence-corrected chi connectivity index (χ1v) is 7.04. The smallest absolute Gasteiger partial charge is 0.273 e. The largest absolute Gasteiger partial charge is 0.355 e. The molecule has 0 spiro atoms. The summed E-state index contributed by atoms with van der Waals surface area (Å²) >= 11 is 1.67. The van der Waals surface area contributed by atoms with E-state index in [1.165, 1.54) is 16.8 Å². The number of nitrogens with two attached hydrogens (primary N) is 1. The van der Waals surface area contributed by atoms with Gasteiger partial charge in [-0.25, -0.2) is 0 Å². The van der Waals surface area contributed by atoms with Crippen LogP contribution in [0.25, 0.3) is 10.1 Å². The van der Waals surface area contributed by atoms with Crippen molar-refractivity contribution in [3.8, 4) is 0 Å². The summed E-state index contributed by atoms with van der Waals surface area (Å²) in [5.74, 6) is 5.34. The molecule has 2 aromatic carbocycles. The van der Waals surface area contributed by atoms with Gasteiger partial charge in [0.2, 0.25) is 0 Å².